The molecular formula is C20H24ClNO9. The van der Waals surface area contributed by atoms with Gasteiger partial charge in [0.15, 0.2) is 12.2 Å². The highest BCUT2D eigenvalue weighted by Crippen LogP contribution is 2.29. The normalized spacial score (nSPS) is 25.1. The lowest BCUT2D eigenvalue weighted by molar-refractivity contribution is -0.257. The summed E-state index contributed by atoms with van der Waals surface area (Å²) in [4.78, 5) is 46.7. The van der Waals surface area contributed by atoms with Gasteiger partial charge in [-0.15, -0.1) is 0 Å². The van der Waals surface area contributed by atoms with Crippen molar-refractivity contribution in [1.82, 2.24) is 5.32 Å². The number of hydrogen-bond donors (Lipinski definition) is 1. The molecule has 2 rings (SSSR count). The van der Waals surface area contributed by atoms with Gasteiger partial charge in [0, 0.05) is 32.7 Å². The van der Waals surface area contributed by atoms with E-state index in [1.165, 1.54) is 20.8 Å². The molecule has 1 aromatic carbocycles. The number of amides is 1. The summed E-state index contributed by atoms with van der Waals surface area (Å²) in [6, 6.07) is 5.30. The van der Waals surface area contributed by atoms with E-state index in [4.69, 9.17) is 35.3 Å². The molecule has 1 fully saturated rings. The molecule has 0 spiro atoms. The lowest BCUT2D eigenvalue weighted by Crippen LogP contribution is -2.67. The number of rotatable bonds is 7. The van der Waals surface area contributed by atoms with E-state index in [0.717, 1.165) is 6.92 Å². The van der Waals surface area contributed by atoms with Crippen LogP contribution in [0.2, 0.25) is 5.02 Å². The second-order valence-corrected chi connectivity index (χ2v) is 7.23. The maximum Gasteiger partial charge on any atom is 0.303 e. The number of ether oxygens (including phenoxy) is 5. The van der Waals surface area contributed by atoms with Crippen molar-refractivity contribution in [1.29, 1.82) is 0 Å². The topological polar surface area (TPSA) is 126 Å². The average molecular weight is 458 g/mol. The molecule has 0 radical (unpaired) electrons. The number of nitrogens with one attached hydrogen (secondary N) is 1. The van der Waals surface area contributed by atoms with Gasteiger partial charge in [0.25, 0.3) is 0 Å². The predicted molar refractivity (Wildman–Crippen MR) is 106 cm³/mol. The van der Waals surface area contributed by atoms with E-state index in [1.54, 1.807) is 24.3 Å². The van der Waals surface area contributed by atoms with E-state index >= 15 is 0 Å². The molecule has 0 saturated carbocycles. The van der Waals surface area contributed by atoms with E-state index in [2.05, 4.69) is 5.32 Å². The van der Waals surface area contributed by atoms with Crippen LogP contribution in [0.4, 0.5) is 0 Å². The van der Waals surface area contributed by atoms with E-state index in [0.29, 0.717) is 10.8 Å². The Balaban J connectivity index is 2.43. The summed E-state index contributed by atoms with van der Waals surface area (Å²) < 4.78 is 27.5. The fourth-order valence-electron chi connectivity index (χ4n) is 3.04. The van der Waals surface area contributed by atoms with Crippen molar-refractivity contribution >= 4 is 35.4 Å². The van der Waals surface area contributed by atoms with E-state index < -0.39 is 54.5 Å². The quantitative estimate of drug-likeness (QED) is 0.477. The molecule has 1 saturated heterocycles. The number of hydrogen-bond acceptors (Lipinski definition) is 9. The highest BCUT2D eigenvalue weighted by atomic mass is 35.5. The fourth-order valence-corrected chi connectivity index (χ4v) is 3.16. The van der Waals surface area contributed by atoms with Crippen molar-refractivity contribution < 1.29 is 42.9 Å². The molecule has 1 heterocycles. The third-order valence-corrected chi connectivity index (χ3v) is 4.39. The van der Waals surface area contributed by atoms with Crippen LogP contribution in [0.25, 0.3) is 0 Å². The molecule has 170 valence electrons. The Hall–Kier alpha value is -2.85. The van der Waals surface area contributed by atoms with Crippen molar-refractivity contribution in [3.05, 3.63) is 29.3 Å². The summed E-state index contributed by atoms with van der Waals surface area (Å²) in [5, 5.41) is 3.10. The zero-order chi connectivity index (χ0) is 23.1. The first kappa shape index (κ1) is 24.4. The van der Waals surface area contributed by atoms with Crippen LogP contribution in [0.5, 0.6) is 5.75 Å². The minimum absolute atomic E-state index is 0.307. The van der Waals surface area contributed by atoms with Crippen molar-refractivity contribution in [2.24, 2.45) is 0 Å². The maximum atomic E-state index is 11.9. The van der Waals surface area contributed by atoms with Crippen LogP contribution in [0.1, 0.15) is 27.7 Å². The first-order valence-corrected chi connectivity index (χ1v) is 9.77. The Bertz CT molecular complexity index is 813. The largest absolute Gasteiger partial charge is 0.463 e. The Morgan fingerprint density at radius 1 is 0.935 bits per heavy atom. The van der Waals surface area contributed by atoms with Gasteiger partial charge >= 0.3 is 17.9 Å². The predicted octanol–water partition coefficient (Wildman–Crippen LogP) is 1.37. The van der Waals surface area contributed by atoms with Gasteiger partial charge in [0.2, 0.25) is 12.2 Å². The van der Waals surface area contributed by atoms with Crippen LogP contribution in [-0.2, 0) is 38.1 Å². The Kier molecular flexibility index (Phi) is 8.64. The Morgan fingerprint density at radius 3 is 2.03 bits per heavy atom. The number of halogens is 1. The zero-order valence-corrected chi connectivity index (χ0v) is 18.2. The zero-order valence-electron chi connectivity index (χ0n) is 17.5. The molecule has 0 aromatic heterocycles. The van der Waals surface area contributed by atoms with Crippen molar-refractivity contribution in [3.8, 4) is 5.75 Å². The first-order valence-electron chi connectivity index (χ1n) is 9.39. The molecule has 10 nitrogen and oxygen atoms in total. The summed E-state index contributed by atoms with van der Waals surface area (Å²) in [5.74, 6) is -2.07. The van der Waals surface area contributed by atoms with Crippen molar-refractivity contribution in [2.45, 2.75) is 58.3 Å². The van der Waals surface area contributed by atoms with Crippen LogP contribution in [0, 0.1) is 0 Å². The lowest BCUT2D eigenvalue weighted by Gasteiger charge is -2.44. The summed E-state index contributed by atoms with van der Waals surface area (Å²) in [7, 11) is 0. The summed E-state index contributed by atoms with van der Waals surface area (Å²) in [6.45, 7) is 4.49. The number of esters is 3. The Labute approximate surface area is 184 Å². The molecular weight excluding hydrogens is 434 g/mol. The first-order chi connectivity index (χ1) is 14.6. The number of carbonyl (C=O) groups is 4. The van der Waals surface area contributed by atoms with Crippen LogP contribution in [0.3, 0.4) is 0 Å². The molecule has 0 aliphatic carbocycles. The molecule has 5 atom stereocenters. The third-order valence-electron chi connectivity index (χ3n) is 4.14. The van der Waals surface area contributed by atoms with Gasteiger partial charge in [-0.05, 0) is 24.3 Å². The van der Waals surface area contributed by atoms with Gasteiger partial charge in [0.1, 0.15) is 24.5 Å². The number of benzene rings is 1. The molecule has 0 bridgehead atoms. The molecule has 1 N–H and O–H groups in total. The van der Waals surface area contributed by atoms with Crippen LogP contribution in [0.15, 0.2) is 24.3 Å². The highest BCUT2D eigenvalue weighted by molar-refractivity contribution is 6.30. The van der Waals surface area contributed by atoms with Gasteiger partial charge in [-0.25, -0.2) is 0 Å². The summed E-state index contributed by atoms with van der Waals surface area (Å²) >= 11 is 5.90. The molecule has 1 aromatic rings. The monoisotopic (exact) mass is 457 g/mol. The fraction of sp³-hybridized carbons (Fsp3) is 0.500. The second-order valence-electron chi connectivity index (χ2n) is 6.79. The SMILES string of the molecule is CC(=O)N[C@@H]1[C@H](Oc2ccc(Cl)cc2)O[C@H](COC(C)=O)[C@H](OC(C)=O)[C@H]1OC(C)=O. The molecule has 0 unspecified atom stereocenters. The molecule has 1 aliphatic rings. The molecule has 1 aliphatic heterocycles. The van der Waals surface area contributed by atoms with Gasteiger partial charge in [-0.3, -0.25) is 19.2 Å². The molecule has 11 heteroatoms. The average Bonchev–Trinajstić information content (AvgIpc) is 2.65. The minimum Gasteiger partial charge on any atom is -0.463 e. The van der Waals surface area contributed by atoms with Crippen LogP contribution >= 0.6 is 11.6 Å². The van der Waals surface area contributed by atoms with E-state index in [1.807, 2.05) is 0 Å². The smallest absolute Gasteiger partial charge is 0.303 e. The van der Waals surface area contributed by atoms with Gasteiger partial charge in [-0.1, -0.05) is 11.6 Å². The Morgan fingerprint density at radius 2 is 1.52 bits per heavy atom. The standard InChI is InChI=1S/C20H24ClNO9/c1-10(23)22-17-19(29-13(4)26)18(28-12(3)25)16(9-27-11(2)24)31-20(17)30-15-7-5-14(21)6-8-15/h5-8,16-20H,9H2,1-4H3,(H,22,23)/t16-,17+,18+,19+,20-/m1/s1. The molecule has 31 heavy (non-hydrogen) atoms. The molecule has 1 amide bonds. The van der Waals surface area contributed by atoms with Crippen molar-refractivity contribution in [3.63, 3.8) is 0 Å². The summed E-state index contributed by atoms with van der Waals surface area (Å²) in [5.41, 5.74) is 0. The van der Waals surface area contributed by atoms with Crippen molar-refractivity contribution in [2.75, 3.05) is 6.61 Å². The lowest BCUT2D eigenvalue weighted by atomic mass is 9.96. The minimum atomic E-state index is -1.18. The van der Waals surface area contributed by atoms with Gasteiger partial charge in [0.05, 0.1) is 0 Å². The summed E-state index contributed by atoms with van der Waals surface area (Å²) in [6.07, 6.45) is -4.58. The van der Waals surface area contributed by atoms with E-state index in [9.17, 15) is 19.2 Å². The number of carbonyl (C=O) groups excluding carboxylic acids is 4. The maximum absolute atomic E-state index is 11.9. The highest BCUT2D eigenvalue weighted by Gasteiger charge is 2.51. The van der Waals surface area contributed by atoms with Gasteiger partial charge < -0.3 is 29.0 Å². The van der Waals surface area contributed by atoms with Crippen LogP contribution in [-0.4, -0.2) is 61.1 Å². The second kappa shape index (κ2) is 11.0. The van der Waals surface area contributed by atoms with Crippen LogP contribution < -0.4 is 10.1 Å². The third kappa shape index (κ3) is 7.41. The van der Waals surface area contributed by atoms with E-state index in [-0.39, 0.29) is 6.61 Å². The van der Waals surface area contributed by atoms with Gasteiger partial charge in [-0.2, -0.15) is 0 Å².